The van der Waals surface area contributed by atoms with E-state index in [0.717, 1.165) is 29.7 Å². The van der Waals surface area contributed by atoms with Gasteiger partial charge in [-0.25, -0.2) is 20.0 Å². The Kier molecular flexibility index (Phi) is 24.3. The molecule has 0 radical (unpaired) electrons. The van der Waals surface area contributed by atoms with E-state index in [0.29, 0.717) is 83.7 Å². The molecule has 0 heterocycles. The van der Waals surface area contributed by atoms with Crippen molar-refractivity contribution in [3.05, 3.63) is 69.6 Å². The van der Waals surface area contributed by atoms with Crippen molar-refractivity contribution in [3.8, 4) is 11.5 Å². The summed E-state index contributed by atoms with van der Waals surface area (Å²) in [6.07, 6.45) is -15.7. The first-order chi connectivity index (χ1) is 37.1. The minimum atomic E-state index is -6.81. The fourth-order valence-corrected chi connectivity index (χ4v) is 14.8. The molecule has 2 fully saturated rings. The summed E-state index contributed by atoms with van der Waals surface area (Å²) in [4.78, 5) is 4.94. The third-order valence-electron chi connectivity index (χ3n) is 14.8. The highest BCUT2D eigenvalue weighted by Crippen LogP contribution is 2.62. The summed E-state index contributed by atoms with van der Waals surface area (Å²) in [6, 6.07) is 5.20. The summed E-state index contributed by atoms with van der Waals surface area (Å²) in [5.74, 6) is -5.99. The van der Waals surface area contributed by atoms with Crippen LogP contribution in [0, 0.1) is 53.0 Å². The highest BCUT2D eigenvalue weighted by Gasteiger charge is 2.85. The molecule has 2 saturated carbocycles. The Labute approximate surface area is 460 Å². The molecule has 0 N–H and O–H groups in total. The molecule has 25 heteroatoms. The smallest absolute Gasteiger partial charge is 0.435 e. The molecule has 444 valence electrons. The summed E-state index contributed by atoms with van der Waals surface area (Å²) in [5, 5.41) is 0. The highest BCUT2D eigenvalue weighted by molar-refractivity contribution is 8.76. The zero-order chi connectivity index (χ0) is 58.5. The van der Waals surface area contributed by atoms with Crippen molar-refractivity contribution in [1.29, 1.82) is 0 Å². The average molecular weight is 1190 g/mol. The third-order valence-corrected chi connectivity index (χ3v) is 19.4. The molecule has 7 atom stereocenters. The Morgan fingerprint density at radius 3 is 2.10 bits per heavy atom. The van der Waals surface area contributed by atoms with Gasteiger partial charge in [0, 0.05) is 50.3 Å². The topological polar surface area (TPSA) is 66.2 Å². The van der Waals surface area contributed by atoms with Crippen molar-refractivity contribution in [2.24, 2.45) is 23.2 Å². The monoisotopic (exact) mass is 1190 g/mol. The van der Waals surface area contributed by atoms with Crippen molar-refractivity contribution < 1.29 is 86.4 Å². The van der Waals surface area contributed by atoms with Gasteiger partial charge in [0.25, 0.3) is 8.53 Å². The van der Waals surface area contributed by atoms with Crippen molar-refractivity contribution in [1.82, 2.24) is 9.57 Å². The molecular formula is C53H73F13N3O6PS2. The van der Waals surface area contributed by atoms with Gasteiger partial charge in [0.15, 0.2) is 11.6 Å². The summed E-state index contributed by atoms with van der Waals surface area (Å²) in [7, 11) is 3.46. The lowest BCUT2D eigenvalue weighted by Crippen LogP contribution is -2.67. The lowest BCUT2D eigenvalue weighted by Gasteiger charge is -2.50. The van der Waals surface area contributed by atoms with Crippen LogP contribution in [0.5, 0.6) is 11.5 Å². The molecule has 3 aliphatic rings. The van der Waals surface area contributed by atoms with Crippen LogP contribution >= 0.6 is 30.1 Å². The number of alkyl halides is 9. The number of nitrogens with zero attached hydrogens (tertiary/aromatic N) is 3. The summed E-state index contributed by atoms with van der Waals surface area (Å²) in [5.41, 5.74) is -5.77. The Balaban J connectivity index is 1.02. The summed E-state index contributed by atoms with van der Waals surface area (Å²) in [6.45, 7) is 17.6. The van der Waals surface area contributed by atoms with Crippen LogP contribution in [0.3, 0.4) is 0 Å². The quantitative estimate of drug-likeness (QED) is 0.0182. The summed E-state index contributed by atoms with van der Waals surface area (Å²) >= 11 is 0. The van der Waals surface area contributed by atoms with Crippen LogP contribution in [0.15, 0.2) is 18.2 Å². The van der Waals surface area contributed by atoms with E-state index in [4.69, 9.17) is 31.2 Å². The number of benzene rings is 2. The van der Waals surface area contributed by atoms with Crippen LogP contribution in [0.25, 0.3) is 4.85 Å². The van der Waals surface area contributed by atoms with Gasteiger partial charge in [-0.15, -0.1) is 0 Å². The van der Waals surface area contributed by atoms with Gasteiger partial charge in [0.1, 0.15) is 12.4 Å². The van der Waals surface area contributed by atoms with E-state index >= 15 is 17.6 Å². The number of ether oxygens (including phenoxy) is 4. The normalized spacial score (nSPS) is 21.9. The predicted octanol–water partition coefficient (Wildman–Crippen LogP) is 16.0. The van der Waals surface area contributed by atoms with E-state index in [2.05, 4.69) is 41.9 Å². The minimum Gasteiger partial charge on any atom is -0.451 e. The van der Waals surface area contributed by atoms with Gasteiger partial charge in [-0.3, -0.25) is 0 Å². The van der Waals surface area contributed by atoms with Crippen LogP contribution in [0.4, 0.5) is 57.1 Å². The van der Waals surface area contributed by atoms with E-state index < -0.39 is 105 Å². The Morgan fingerprint density at radius 1 is 0.808 bits per heavy atom. The average Bonchev–Trinajstić information content (AvgIpc) is 3.73. The lowest BCUT2D eigenvalue weighted by atomic mass is 9.55. The van der Waals surface area contributed by atoms with Gasteiger partial charge < -0.3 is 37.7 Å². The summed E-state index contributed by atoms with van der Waals surface area (Å²) < 4.78 is 225. The zero-order valence-electron chi connectivity index (χ0n) is 45.8. The number of hydrogen-bond donors (Lipinski definition) is 0. The van der Waals surface area contributed by atoms with Crippen LogP contribution < -0.4 is 4.74 Å². The zero-order valence-corrected chi connectivity index (χ0v) is 47.3. The van der Waals surface area contributed by atoms with Gasteiger partial charge in [-0.05, 0) is 158 Å². The van der Waals surface area contributed by atoms with Crippen molar-refractivity contribution >= 4 is 30.1 Å². The van der Waals surface area contributed by atoms with Crippen LogP contribution in [0.2, 0.25) is 0 Å². The van der Waals surface area contributed by atoms with Gasteiger partial charge in [0.2, 0.25) is 23.9 Å². The fraction of sp³-hybridized carbons (Fsp3) is 0.755. The first-order valence-corrected chi connectivity index (χ1v) is 29.8. The maximum absolute atomic E-state index is 15.5. The maximum atomic E-state index is 15.5. The van der Waals surface area contributed by atoms with Crippen LogP contribution in [0.1, 0.15) is 123 Å². The second kappa shape index (κ2) is 29.3. The van der Waals surface area contributed by atoms with E-state index in [9.17, 15) is 39.5 Å². The van der Waals surface area contributed by atoms with Crippen molar-refractivity contribution in [2.75, 3.05) is 71.3 Å². The third kappa shape index (κ3) is 16.3. The first kappa shape index (κ1) is 64.8. The largest absolute Gasteiger partial charge is 0.451 e. The number of halogens is 13. The van der Waals surface area contributed by atoms with Crippen LogP contribution in [-0.4, -0.2) is 123 Å². The molecule has 9 nitrogen and oxygen atoms in total. The molecule has 2 aromatic carbocycles. The van der Waals surface area contributed by atoms with E-state index in [1.54, 1.807) is 45.7 Å². The molecule has 78 heavy (non-hydrogen) atoms. The number of rotatable bonds is 31. The molecule has 2 aromatic rings. The number of hydrogen-bond acceptors (Lipinski definition) is 10. The minimum absolute atomic E-state index is 0.0186. The molecule has 0 spiro atoms. The van der Waals surface area contributed by atoms with Crippen molar-refractivity contribution in [2.45, 2.75) is 161 Å². The van der Waals surface area contributed by atoms with Crippen LogP contribution in [-0.2, 0) is 36.2 Å². The van der Waals surface area contributed by atoms with Gasteiger partial charge in [-0.1, -0.05) is 41.5 Å². The molecule has 7 unspecified atom stereocenters. The molecular weight excluding hydrogens is 1120 g/mol. The maximum Gasteiger partial charge on any atom is 0.435 e. The van der Waals surface area contributed by atoms with E-state index in [1.807, 2.05) is 6.92 Å². The molecule has 0 bridgehead atoms. The molecule has 3 aliphatic carbocycles. The van der Waals surface area contributed by atoms with Gasteiger partial charge >= 0.3 is 24.1 Å². The van der Waals surface area contributed by atoms with Gasteiger partial charge in [0.05, 0.1) is 25.9 Å². The predicted molar refractivity (Wildman–Crippen MR) is 276 cm³/mol. The molecule has 5 rings (SSSR count). The fourth-order valence-electron chi connectivity index (χ4n) is 11.2. The Morgan fingerprint density at radius 2 is 1.47 bits per heavy atom. The Hall–Kier alpha value is -2.33. The second-order valence-corrected chi connectivity index (χ2v) is 25.1. The number of fused-ring (bicyclic) bond motifs is 5. The van der Waals surface area contributed by atoms with E-state index in [-0.39, 0.29) is 54.9 Å². The molecule has 0 saturated heterocycles. The van der Waals surface area contributed by atoms with Crippen molar-refractivity contribution in [3.63, 3.8) is 0 Å². The lowest BCUT2D eigenvalue weighted by molar-refractivity contribution is -0.457. The van der Waals surface area contributed by atoms with Gasteiger partial charge in [-0.2, -0.15) is 48.3 Å². The molecule has 0 amide bonds. The standard InChI is InChI=1S/C53H73F13N3O6PS2/c1-33(2)69(34(3)4)76(73-26-21-67-7)74-32-35(5)12-9-23-70-27-29-78-77-28-10-22-68(8)31-41-44(54)46(56)48(47(57)45(41)55)75-37-14-16-38-36(30-37)13-15-40-39(38)19-20-49(6)42(40)17-18-43(49)71-24-11-25-72-50(51(58,59)60,52(61,62)63)53(64,65)66/h14,16,30,33-35,39-40,42-43H,9-13,15,17-29,31-32H2,1-6,8H3/i5D. The van der Waals surface area contributed by atoms with E-state index in [1.165, 1.54) is 6.07 Å². The number of aryl methyl sites for hydroxylation is 1. The SMILES string of the molecule is [2H]CC(CCCOCCSSCCCN(C)Cc1c(F)c(F)c(Oc2ccc3c(c2)CCC2C3CCC3(C)C(OCCCOC(C(F)(F)F)(C(F)(F)F)C(F)(F)F)CCC23)c(F)c1F)COP(OCC[N+]#[C-])N(C(C)C)C(C)C. The highest BCUT2D eigenvalue weighted by atomic mass is 33.1. The molecule has 0 aromatic heterocycles. The molecule has 0 aliphatic heterocycles. The first-order valence-electron chi connectivity index (χ1n) is 26.9. The second-order valence-electron chi connectivity index (χ2n) is 21.0. The Bertz CT molecular complexity index is 2210.